The summed E-state index contributed by atoms with van der Waals surface area (Å²) in [7, 11) is 2.05. The van der Waals surface area contributed by atoms with E-state index in [0.29, 0.717) is 23.0 Å². The fourth-order valence-electron chi connectivity index (χ4n) is 3.24. The average Bonchev–Trinajstić information content (AvgIpc) is 2.64. The number of ketones is 1. The number of benzene rings is 2. The molecule has 0 saturated carbocycles. The molecule has 0 aliphatic carbocycles. The van der Waals surface area contributed by atoms with Crippen molar-refractivity contribution < 1.29 is 19.1 Å². The molecule has 0 amide bonds. The Balaban J connectivity index is 1.90. The van der Waals surface area contributed by atoms with Crippen LogP contribution >= 0.6 is 0 Å². The number of phenols is 1. The summed E-state index contributed by atoms with van der Waals surface area (Å²) in [6, 6.07) is 9.59. The lowest BCUT2D eigenvalue weighted by molar-refractivity contribution is 0.0856. The predicted molar refractivity (Wildman–Crippen MR) is 93.4 cm³/mol. The van der Waals surface area contributed by atoms with Crippen LogP contribution in [0.15, 0.2) is 36.4 Å². The smallest absolute Gasteiger partial charge is 0.166 e. The van der Waals surface area contributed by atoms with E-state index in [2.05, 4.69) is 4.90 Å². The number of aldehydes is 1. The van der Waals surface area contributed by atoms with E-state index in [1.807, 2.05) is 7.05 Å². The van der Waals surface area contributed by atoms with Crippen molar-refractivity contribution in [1.82, 2.24) is 4.90 Å². The zero-order valence-corrected chi connectivity index (χ0v) is 14.0. The van der Waals surface area contributed by atoms with Gasteiger partial charge in [-0.05, 0) is 62.3 Å². The lowest BCUT2D eigenvalue weighted by Crippen LogP contribution is -2.33. The summed E-state index contributed by atoms with van der Waals surface area (Å²) in [5.41, 5.74) is 1.58. The third kappa shape index (κ3) is 3.61. The molecule has 0 unspecified atom stereocenters. The van der Waals surface area contributed by atoms with Crippen LogP contribution in [0.4, 0.5) is 4.39 Å². The molecule has 5 heteroatoms. The summed E-state index contributed by atoms with van der Waals surface area (Å²) in [6.07, 6.45) is 2.08. The van der Waals surface area contributed by atoms with Crippen LogP contribution in [0.25, 0.3) is 11.1 Å². The average molecular weight is 341 g/mol. The number of hydrogen-bond acceptors (Lipinski definition) is 4. The molecule has 0 aromatic heterocycles. The lowest BCUT2D eigenvalue weighted by Gasteiger charge is -2.28. The molecule has 1 fully saturated rings. The summed E-state index contributed by atoms with van der Waals surface area (Å²) in [5.74, 6) is -1.40. The van der Waals surface area contributed by atoms with Gasteiger partial charge in [0.15, 0.2) is 23.6 Å². The first kappa shape index (κ1) is 17.3. The van der Waals surface area contributed by atoms with E-state index in [9.17, 15) is 19.1 Å². The van der Waals surface area contributed by atoms with E-state index in [1.165, 1.54) is 12.1 Å². The van der Waals surface area contributed by atoms with Gasteiger partial charge in [0.2, 0.25) is 0 Å². The molecule has 1 heterocycles. The van der Waals surface area contributed by atoms with Crippen LogP contribution in [0, 0.1) is 11.7 Å². The van der Waals surface area contributed by atoms with Crippen LogP contribution in [0.5, 0.6) is 5.75 Å². The lowest BCUT2D eigenvalue weighted by atomic mass is 9.88. The quantitative estimate of drug-likeness (QED) is 0.683. The first-order valence-electron chi connectivity index (χ1n) is 8.30. The Hall–Kier alpha value is -2.53. The molecule has 0 bridgehead atoms. The number of rotatable bonds is 4. The number of carbonyl (C=O) groups excluding carboxylic acids is 2. The second-order valence-electron chi connectivity index (χ2n) is 6.54. The second-order valence-corrected chi connectivity index (χ2v) is 6.54. The van der Waals surface area contributed by atoms with Crippen LogP contribution < -0.4 is 0 Å². The summed E-state index contributed by atoms with van der Waals surface area (Å²) in [6.45, 7) is 1.81. The van der Waals surface area contributed by atoms with Gasteiger partial charge in [0.05, 0.1) is 5.56 Å². The molecule has 0 atom stereocenters. The number of Topliss-reactive ketones (excluding diaryl/α,β-unsaturated/α-hetero) is 1. The van der Waals surface area contributed by atoms with Gasteiger partial charge in [-0.25, -0.2) is 4.39 Å². The molecule has 2 aromatic carbocycles. The number of halogens is 1. The van der Waals surface area contributed by atoms with Crippen molar-refractivity contribution in [1.29, 1.82) is 0 Å². The van der Waals surface area contributed by atoms with Gasteiger partial charge in [0.25, 0.3) is 0 Å². The van der Waals surface area contributed by atoms with Gasteiger partial charge in [-0.15, -0.1) is 0 Å². The van der Waals surface area contributed by atoms with Crippen LogP contribution in [-0.4, -0.2) is 42.2 Å². The Labute approximate surface area is 145 Å². The Bertz CT molecular complexity index is 811. The highest BCUT2D eigenvalue weighted by atomic mass is 19.1. The first-order chi connectivity index (χ1) is 12.0. The van der Waals surface area contributed by atoms with Crippen LogP contribution in [0.1, 0.15) is 33.6 Å². The predicted octanol–water partition coefficient (Wildman–Crippen LogP) is 3.54. The molecule has 0 radical (unpaired) electrons. The third-order valence-electron chi connectivity index (χ3n) is 4.79. The van der Waals surface area contributed by atoms with E-state index in [1.54, 1.807) is 24.3 Å². The fourth-order valence-corrected chi connectivity index (χ4v) is 3.24. The normalized spacial score (nSPS) is 15.9. The van der Waals surface area contributed by atoms with E-state index < -0.39 is 11.6 Å². The van der Waals surface area contributed by atoms with E-state index in [4.69, 9.17) is 0 Å². The monoisotopic (exact) mass is 341 g/mol. The highest BCUT2D eigenvalue weighted by Crippen LogP contribution is 2.30. The second kappa shape index (κ2) is 7.15. The molecule has 1 saturated heterocycles. The highest BCUT2D eigenvalue weighted by Gasteiger charge is 2.24. The molecule has 1 aliphatic rings. The number of hydrogen-bond donors (Lipinski definition) is 1. The zero-order valence-electron chi connectivity index (χ0n) is 14.0. The van der Waals surface area contributed by atoms with Crippen LogP contribution in [0.2, 0.25) is 0 Å². The Morgan fingerprint density at radius 2 is 1.92 bits per heavy atom. The maximum absolute atomic E-state index is 13.8. The van der Waals surface area contributed by atoms with Crippen molar-refractivity contribution in [2.75, 3.05) is 20.1 Å². The zero-order chi connectivity index (χ0) is 18.0. The van der Waals surface area contributed by atoms with Crippen LogP contribution in [-0.2, 0) is 0 Å². The van der Waals surface area contributed by atoms with Gasteiger partial charge < -0.3 is 10.0 Å². The summed E-state index contributed by atoms with van der Waals surface area (Å²) in [4.78, 5) is 25.9. The van der Waals surface area contributed by atoms with Crippen molar-refractivity contribution in [2.45, 2.75) is 12.8 Å². The number of phenolic OH excluding ortho intramolecular Hbond substituents is 1. The minimum atomic E-state index is -0.855. The van der Waals surface area contributed by atoms with Crippen molar-refractivity contribution in [3.8, 4) is 16.9 Å². The number of aromatic hydroxyl groups is 1. The summed E-state index contributed by atoms with van der Waals surface area (Å²) < 4.78 is 13.8. The minimum absolute atomic E-state index is 0.00791. The summed E-state index contributed by atoms with van der Waals surface area (Å²) >= 11 is 0. The third-order valence-corrected chi connectivity index (χ3v) is 4.79. The molecule has 1 N–H and O–H groups in total. The van der Waals surface area contributed by atoms with E-state index >= 15 is 0 Å². The molecule has 3 rings (SSSR count). The molecular weight excluding hydrogens is 321 g/mol. The number of carbonyl (C=O) groups is 2. The number of likely N-dealkylation sites (tertiary alicyclic amines) is 1. The number of nitrogens with zero attached hydrogens (tertiary/aromatic N) is 1. The van der Waals surface area contributed by atoms with Gasteiger partial charge in [-0.3, -0.25) is 9.59 Å². The maximum Gasteiger partial charge on any atom is 0.166 e. The maximum atomic E-state index is 13.8. The number of piperidine rings is 1. The van der Waals surface area contributed by atoms with E-state index in [-0.39, 0.29) is 17.3 Å². The molecule has 1 aliphatic heterocycles. The molecular formula is C20H20FNO3. The van der Waals surface area contributed by atoms with Gasteiger partial charge in [-0.1, -0.05) is 18.2 Å². The molecule has 2 aromatic rings. The fraction of sp³-hybridized carbons (Fsp3) is 0.300. The van der Waals surface area contributed by atoms with Crippen molar-refractivity contribution in [3.63, 3.8) is 0 Å². The Morgan fingerprint density at radius 1 is 1.20 bits per heavy atom. The van der Waals surface area contributed by atoms with Gasteiger partial charge in [-0.2, -0.15) is 0 Å². The SMILES string of the molecule is CN1CCC(C(=O)c2cccc(-c3cc(F)c(O)c(C=O)c3)c2)CC1. The Morgan fingerprint density at radius 3 is 2.60 bits per heavy atom. The van der Waals surface area contributed by atoms with Crippen molar-refractivity contribution in [2.24, 2.45) is 5.92 Å². The van der Waals surface area contributed by atoms with Gasteiger partial charge in [0, 0.05) is 11.5 Å². The molecule has 4 nitrogen and oxygen atoms in total. The molecule has 25 heavy (non-hydrogen) atoms. The van der Waals surface area contributed by atoms with Crippen molar-refractivity contribution in [3.05, 3.63) is 53.3 Å². The van der Waals surface area contributed by atoms with Crippen molar-refractivity contribution >= 4 is 12.1 Å². The van der Waals surface area contributed by atoms with E-state index in [0.717, 1.165) is 25.9 Å². The Kier molecular flexibility index (Phi) is 4.95. The standard InChI is InChI=1S/C20H20FNO3/c1-22-7-5-13(6-8-22)19(24)15-4-2-3-14(9-15)16-10-17(12-23)20(25)18(21)11-16/h2-4,9-13,25H,5-8H2,1H3. The topological polar surface area (TPSA) is 57.6 Å². The highest BCUT2D eigenvalue weighted by molar-refractivity contribution is 5.99. The first-order valence-corrected chi connectivity index (χ1v) is 8.30. The molecule has 0 spiro atoms. The van der Waals surface area contributed by atoms with Crippen LogP contribution in [0.3, 0.4) is 0 Å². The van der Waals surface area contributed by atoms with Gasteiger partial charge >= 0.3 is 0 Å². The van der Waals surface area contributed by atoms with Gasteiger partial charge in [0.1, 0.15) is 0 Å². The largest absolute Gasteiger partial charge is 0.504 e. The summed E-state index contributed by atoms with van der Waals surface area (Å²) in [5, 5.41) is 9.54. The minimum Gasteiger partial charge on any atom is -0.504 e. The molecule has 130 valence electrons.